The van der Waals surface area contributed by atoms with Crippen molar-refractivity contribution >= 4 is 23.4 Å². The number of carbonyl (C=O) groups excluding carboxylic acids is 2. The van der Waals surface area contributed by atoms with E-state index < -0.39 is 29.2 Å². The van der Waals surface area contributed by atoms with Crippen LogP contribution in [0.25, 0.3) is 0 Å². The van der Waals surface area contributed by atoms with E-state index in [1.165, 1.54) is 20.2 Å². The van der Waals surface area contributed by atoms with Crippen molar-refractivity contribution in [3.05, 3.63) is 27.8 Å². The number of nitro benzene ring substituents is 1. The van der Waals surface area contributed by atoms with Crippen molar-refractivity contribution in [2.45, 2.75) is 18.7 Å². The second kappa shape index (κ2) is 7.85. The molecule has 142 valence electrons. The number of carbonyl (C=O) groups is 2. The van der Waals surface area contributed by atoms with Gasteiger partial charge in [0.25, 0.3) is 11.6 Å². The minimum Gasteiger partial charge on any atom is -0.494 e. The lowest BCUT2D eigenvalue weighted by Gasteiger charge is -2.34. The van der Waals surface area contributed by atoms with Crippen LogP contribution in [0.3, 0.4) is 0 Å². The summed E-state index contributed by atoms with van der Waals surface area (Å²) in [7, 11) is 2.79. The maximum atomic E-state index is 13.9. The molecule has 1 saturated heterocycles. The molecule has 1 fully saturated rings. The second-order valence-electron chi connectivity index (χ2n) is 5.68. The zero-order valence-corrected chi connectivity index (χ0v) is 14.2. The van der Waals surface area contributed by atoms with E-state index in [0.717, 1.165) is 11.0 Å². The molecular weight excluding hydrogens is 351 g/mol. The summed E-state index contributed by atoms with van der Waals surface area (Å²) in [5, 5.41) is 13.9. The molecule has 2 atom stereocenters. The van der Waals surface area contributed by atoms with E-state index >= 15 is 0 Å². The number of methoxy groups -OCH3 is 1. The standard InChI is InChI=1S/C15H19FN4O6/c1-18-13-11(20(23)24)3-8(4-12(13)25-2)14(21)19-6-9(16)5-10(7-19)26-15(17)22/h3-4,9-10,18H,5-7H2,1-2H3,(H2,17,22)/t9-,10-/m1/s1. The van der Waals surface area contributed by atoms with E-state index in [0.29, 0.717) is 0 Å². The Balaban J connectivity index is 2.34. The van der Waals surface area contributed by atoms with Gasteiger partial charge < -0.3 is 25.4 Å². The van der Waals surface area contributed by atoms with Gasteiger partial charge in [-0.1, -0.05) is 0 Å². The fourth-order valence-corrected chi connectivity index (χ4v) is 2.87. The molecule has 1 aliphatic rings. The van der Waals surface area contributed by atoms with E-state index in [1.807, 2.05) is 0 Å². The van der Waals surface area contributed by atoms with Crippen LogP contribution in [0.1, 0.15) is 16.8 Å². The van der Waals surface area contributed by atoms with Gasteiger partial charge in [-0.2, -0.15) is 0 Å². The number of nitrogens with one attached hydrogen (secondary N) is 1. The van der Waals surface area contributed by atoms with E-state index in [1.54, 1.807) is 0 Å². The fraction of sp³-hybridized carbons (Fsp3) is 0.467. The molecule has 0 spiro atoms. The summed E-state index contributed by atoms with van der Waals surface area (Å²) in [6.45, 7) is -0.284. The summed E-state index contributed by atoms with van der Waals surface area (Å²) in [4.78, 5) is 35.3. The summed E-state index contributed by atoms with van der Waals surface area (Å²) in [6.07, 6.45) is -3.43. The van der Waals surface area contributed by atoms with Crippen LogP contribution in [-0.4, -0.2) is 61.3 Å². The highest BCUT2D eigenvalue weighted by atomic mass is 19.1. The van der Waals surface area contributed by atoms with Gasteiger partial charge in [-0.15, -0.1) is 0 Å². The minimum absolute atomic E-state index is 0.0422. The molecule has 2 amide bonds. The third-order valence-corrected chi connectivity index (χ3v) is 3.93. The molecule has 1 aromatic rings. The number of nitrogens with zero attached hydrogens (tertiary/aromatic N) is 2. The van der Waals surface area contributed by atoms with Gasteiger partial charge in [0.05, 0.1) is 30.7 Å². The summed E-state index contributed by atoms with van der Waals surface area (Å²) in [6, 6.07) is 2.41. The third kappa shape index (κ3) is 4.10. The normalized spacial score (nSPS) is 19.6. The molecule has 0 saturated carbocycles. The average Bonchev–Trinajstić information content (AvgIpc) is 2.58. The summed E-state index contributed by atoms with van der Waals surface area (Å²) in [5.41, 5.74) is 4.66. The lowest BCUT2D eigenvalue weighted by molar-refractivity contribution is -0.384. The highest BCUT2D eigenvalue weighted by molar-refractivity contribution is 5.97. The van der Waals surface area contributed by atoms with E-state index in [9.17, 15) is 24.1 Å². The Morgan fingerprint density at radius 2 is 2.12 bits per heavy atom. The quantitative estimate of drug-likeness (QED) is 0.588. The molecule has 0 aliphatic carbocycles. The van der Waals surface area contributed by atoms with Crippen molar-refractivity contribution in [1.29, 1.82) is 0 Å². The van der Waals surface area contributed by atoms with E-state index in [2.05, 4.69) is 5.32 Å². The van der Waals surface area contributed by atoms with E-state index in [-0.39, 0.29) is 42.2 Å². The Hall–Kier alpha value is -3.11. The van der Waals surface area contributed by atoms with Crippen LogP contribution in [0.2, 0.25) is 0 Å². The van der Waals surface area contributed by atoms with Crippen molar-refractivity contribution in [3.8, 4) is 5.75 Å². The lowest BCUT2D eigenvalue weighted by atomic mass is 10.0. The number of halogens is 1. The van der Waals surface area contributed by atoms with Crippen LogP contribution in [-0.2, 0) is 4.74 Å². The van der Waals surface area contributed by atoms with Gasteiger partial charge in [0.15, 0.2) is 5.69 Å². The van der Waals surface area contributed by atoms with Crippen molar-refractivity contribution in [1.82, 2.24) is 4.90 Å². The Morgan fingerprint density at radius 1 is 1.42 bits per heavy atom. The molecule has 10 nitrogen and oxygen atoms in total. The Kier molecular flexibility index (Phi) is 5.80. The molecule has 11 heteroatoms. The minimum atomic E-state index is -1.41. The molecule has 1 aliphatic heterocycles. The molecule has 1 aromatic carbocycles. The number of alkyl halides is 1. The number of primary amides is 1. The van der Waals surface area contributed by atoms with Crippen LogP contribution < -0.4 is 15.8 Å². The van der Waals surface area contributed by atoms with E-state index in [4.69, 9.17) is 15.2 Å². The number of rotatable bonds is 5. The number of benzene rings is 1. The smallest absolute Gasteiger partial charge is 0.404 e. The maximum absolute atomic E-state index is 13.9. The number of likely N-dealkylation sites (tertiary alicyclic amines) is 1. The monoisotopic (exact) mass is 370 g/mol. The zero-order chi connectivity index (χ0) is 19.4. The van der Waals surface area contributed by atoms with Gasteiger partial charge >= 0.3 is 6.09 Å². The summed E-state index contributed by atoms with van der Waals surface area (Å²) in [5.74, 6) is -0.543. The number of hydrogen-bond donors (Lipinski definition) is 2. The van der Waals surface area contributed by atoms with Gasteiger partial charge in [-0.25, -0.2) is 9.18 Å². The van der Waals surface area contributed by atoms with Crippen LogP contribution in [0.15, 0.2) is 12.1 Å². The fourth-order valence-electron chi connectivity index (χ4n) is 2.87. The van der Waals surface area contributed by atoms with Crippen molar-refractivity contribution in [2.24, 2.45) is 5.73 Å². The number of ether oxygens (including phenoxy) is 2. The van der Waals surface area contributed by atoms with Gasteiger partial charge in [0.2, 0.25) is 0 Å². The largest absolute Gasteiger partial charge is 0.494 e. The van der Waals surface area contributed by atoms with Crippen LogP contribution in [0.5, 0.6) is 5.75 Å². The maximum Gasteiger partial charge on any atom is 0.404 e. The van der Waals surface area contributed by atoms with Crippen LogP contribution in [0.4, 0.5) is 20.6 Å². The van der Waals surface area contributed by atoms with Gasteiger partial charge in [-0.05, 0) is 6.07 Å². The Bertz CT molecular complexity index is 728. The first-order valence-electron chi connectivity index (χ1n) is 7.70. The molecule has 2 rings (SSSR count). The Morgan fingerprint density at radius 3 is 2.65 bits per heavy atom. The summed E-state index contributed by atoms with van der Waals surface area (Å²) < 4.78 is 23.8. The number of hydrogen-bond acceptors (Lipinski definition) is 7. The first-order valence-corrected chi connectivity index (χ1v) is 7.70. The number of amides is 2. The highest BCUT2D eigenvalue weighted by Gasteiger charge is 2.33. The topological polar surface area (TPSA) is 137 Å². The molecule has 0 radical (unpaired) electrons. The van der Waals surface area contributed by atoms with Crippen LogP contribution >= 0.6 is 0 Å². The predicted molar refractivity (Wildman–Crippen MR) is 89.1 cm³/mol. The number of nitrogens with two attached hydrogens (primary N) is 1. The second-order valence-corrected chi connectivity index (χ2v) is 5.68. The first-order chi connectivity index (χ1) is 12.3. The van der Waals surface area contributed by atoms with Crippen molar-refractivity contribution in [3.63, 3.8) is 0 Å². The molecule has 3 N–H and O–H groups in total. The van der Waals surface area contributed by atoms with Gasteiger partial charge in [0, 0.05) is 19.5 Å². The molecule has 26 heavy (non-hydrogen) atoms. The summed E-state index contributed by atoms with van der Waals surface area (Å²) >= 11 is 0. The average molecular weight is 370 g/mol. The highest BCUT2D eigenvalue weighted by Crippen LogP contribution is 2.36. The third-order valence-electron chi connectivity index (χ3n) is 3.93. The van der Waals surface area contributed by atoms with Gasteiger partial charge in [-0.3, -0.25) is 14.9 Å². The van der Waals surface area contributed by atoms with Crippen LogP contribution in [0, 0.1) is 10.1 Å². The number of nitro groups is 1. The number of piperidine rings is 1. The van der Waals surface area contributed by atoms with Crippen molar-refractivity contribution < 1.29 is 28.4 Å². The SMILES string of the molecule is CNc1c(OC)cc(C(=O)N2C[C@H](F)C[C@@H](OC(N)=O)C2)cc1[N+](=O)[O-]. The predicted octanol–water partition coefficient (Wildman–Crippen LogP) is 1.29. The molecule has 1 heterocycles. The Labute approximate surface area is 148 Å². The lowest BCUT2D eigenvalue weighted by Crippen LogP contribution is -2.49. The number of anilines is 1. The molecule has 0 unspecified atom stereocenters. The molecule has 0 aromatic heterocycles. The van der Waals surface area contributed by atoms with Crippen molar-refractivity contribution in [2.75, 3.05) is 32.6 Å². The zero-order valence-electron chi connectivity index (χ0n) is 14.2. The molecule has 0 bridgehead atoms. The molecular formula is C15H19FN4O6. The van der Waals surface area contributed by atoms with Gasteiger partial charge in [0.1, 0.15) is 18.0 Å². The first kappa shape index (κ1) is 19.2.